The summed E-state index contributed by atoms with van der Waals surface area (Å²) in [6, 6.07) is 14.1. The van der Waals surface area contributed by atoms with Crippen LogP contribution in [-0.4, -0.2) is 19.6 Å². The van der Waals surface area contributed by atoms with E-state index in [0.29, 0.717) is 10.9 Å². The molecule has 126 valence electrons. The van der Waals surface area contributed by atoms with Gasteiger partial charge in [-0.3, -0.25) is 4.40 Å². The summed E-state index contributed by atoms with van der Waals surface area (Å²) in [5, 5.41) is 9.45. The maximum Gasteiger partial charge on any atom is 0.183 e. The number of aromatic nitrogens is 4. The summed E-state index contributed by atoms with van der Waals surface area (Å²) in [5.74, 6) is 1.34. The van der Waals surface area contributed by atoms with Gasteiger partial charge in [0.15, 0.2) is 11.5 Å². The van der Waals surface area contributed by atoms with Crippen LogP contribution in [0, 0.1) is 12.8 Å². The van der Waals surface area contributed by atoms with Gasteiger partial charge in [0.2, 0.25) is 0 Å². The summed E-state index contributed by atoms with van der Waals surface area (Å²) in [5.41, 5.74) is 5.73. The van der Waals surface area contributed by atoms with E-state index in [1.807, 2.05) is 31.2 Å². The fourth-order valence-corrected chi connectivity index (χ4v) is 3.46. The van der Waals surface area contributed by atoms with E-state index in [0.717, 1.165) is 40.2 Å². The third kappa shape index (κ3) is 2.76. The predicted octanol–water partition coefficient (Wildman–Crippen LogP) is 5.10. The standard InChI is InChI=1S/C20H19ClN4/c1-12(2)10-14-8-9-17-18(11-14)25-19(13(3)22-17)23-24-20(25)15-6-4-5-7-16(15)21/h4-9,11-12H,10H2,1-3H3. The third-order valence-corrected chi connectivity index (χ3v) is 4.64. The highest BCUT2D eigenvalue weighted by Crippen LogP contribution is 2.29. The first-order chi connectivity index (χ1) is 12.0. The van der Waals surface area contributed by atoms with Crippen LogP contribution in [0.15, 0.2) is 42.5 Å². The number of hydrogen-bond acceptors (Lipinski definition) is 3. The number of fused-ring (bicyclic) bond motifs is 3. The molecule has 0 saturated heterocycles. The van der Waals surface area contributed by atoms with Crippen molar-refractivity contribution in [2.75, 3.05) is 0 Å². The van der Waals surface area contributed by atoms with E-state index in [-0.39, 0.29) is 0 Å². The van der Waals surface area contributed by atoms with Crippen LogP contribution in [-0.2, 0) is 6.42 Å². The zero-order valence-corrected chi connectivity index (χ0v) is 15.2. The molecule has 0 aliphatic heterocycles. The quantitative estimate of drug-likeness (QED) is 0.516. The van der Waals surface area contributed by atoms with E-state index in [9.17, 15) is 0 Å². The van der Waals surface area contributed by atoms with Crippen LogP contribution in [0.3, 0.4) is 0 Å². The summed E-state index contributed by atoms with van der Waals surface area (Å²) in [6.07, 6.45) is 1.02. The Kier molecular flexibility index (Phi) is 3.92. The van der Waals surface area contributed by atoms with Gasteiger partial charge < -0.3 is 0 Å². The summed E-state index contributed by atoms with van der Waals surface area (Å²) in [7, 11) is 0. The lowest BCUT2D eigenvalue weighted by Crippen LogP contribution is -2.00. The average Bonchev–Trinajstić information content (AvgIpc) is 3.01. The van der Waals surface area contributed by atoms with Gasteiger partial charge in [0.05, 0.1) is 21.7 Å². The van der Waals surface area contributed by atoms with E-state index in [2.05, 4.69) is 46.6 Å². The molecule has 0 amide bonds. The second kappa shape index (κ2) is 6.12. The number of hydrogen-bond donors (Lipinski definition) is 0. The van der Waals surface area contributed by atoms with Crippen LogP contribution < -0.4 is 0 Å². The van der Waals surface area contributed by atoms with Crippen LogP contribution in [0.2, 0.25) is 5.02 Å². The molecule has 0 bridgehead atoms. The first-order valence-electron chi connectivity index (χ1n) is 8.44. The Bertz CT molecular complexity index is 1080. The van der Waals surface area contributed by atoms with Gasteiger partial charge in [-0.2, -0.15) is 0 Å². The molecule has 2 aromatic carbocycles. The zero-order chi connectivity index (χ0) is 17.6. The SMILES string of the molecule is Cc1nc2ccc(CC(C)C)cc2n2c(-c3ccccc3Cl)nnc12. The molecule has 0 aliphatic carbocycles. The van der Waals surface area contributed by atoms with Crippen molar-refractivity contribution in [3.05, 3.63) is 58.7 Å². The number of aryl methyl sites for hydroxylation is 1. The Morgan fingerprint density at radius 3 is 2.64 bits per heavy atom. The average molecular weight is 351 g/mol. The van der Waals surface area contributed by atoms with Gasteiger partial charge in [-0.05, 0) is 49.1 Å². The summed E-state index contributed by atoms with van der Waals surface area (Å²) >= 11 is 6.41. The monoisotopic (exact) mass is 350 g/mol. The van der Waals surface area contributed by atoms with Gasteiger partial charge in [0.25, 0.3) is 0 Å². The normalized spacial score (nSPS) is 11.7. The molecule has 25 heavy (non-hydrogen) atoms. The highest BCUT2D eigenvalue weighted by Gasteiger charge is 2.16. The lowest BCUT2D eigenvalue weighted by Gasteiger charge is -2.10. The van der Waals surface area contributed by atoms with Crippen LogP contribution in [0.1, 0.15) is 25.1 Å². The lowest BCUT2D eigenvalue weighted by atomic mass is 10.0. The number of halogens is 1. The third-order valence-electron chi connectivity index (χ3n) is 4.31. The molecule has 4 rings (SSSR count). The molecule has 0 radical (unpaired) electrons. The van der Waals surface area contributed by atoms with Crippen molar-refractivity contribution < 1.29 is 0 Å². The lowest BCUT2D eigenvalue weighted by molar-refractivity contribution is 0.647. The highest BCUT2D eigenvalue weighted by molar-refractivity contribution is 6.33. The van der Waals surface area contributed by atoms with Crippen molar-refractivity contribution in [1.29, 1.82) is 0 Å². The molecule has 0 saturated carbocycles. The van der Waals surface area contributed by atoms with Crippen molar-refractivity contribution in [1.82, 2.24) is 19.6 Å². The minimum atomic E-state index is 0.593. The molecular formula is C20H19ClN4. The fraction of sp³-hybridized carbons (Fsp3) is 0.250. The summed E-state index contributed by atoms with van der Waals surface area (Å²) in [6.45, 7) is 6.41. The first kappa shape index (κ1) is 16.0. The van der Waals surface area contributed by atoms with Crippen molar-refractivity contribution in [3.8, 4) is 11.4 Å². The zero-order valence-electron chi connectivity index (χ0n) is 14.5. The highest BCUT2D eigenvalue weighted by atomic mass is 35.5. The molecule has 2 aromatic heterocycles. The molecule has 0 unspecified atom stereocenters. The van der Waals surface area contributed by atoms with E-state index >= 15 is 0 Å². The fourth-order valence-electron chi connectivity index (χ4n) is 3.24. The minimum Gasteiger partial charge on any atom is -0.272 e. The molecule has 5 heteroatoms. The smallest absolute Gasteiger partial charge is 0.183 e. The molecule has 4 nitrogen and oxygen atoms in total. The molecule has 0 spiro atoms. The largest absolute Gasteiger partial charge is 0.272 e. The Hall–Kier alpha value is -2.46. The van der Waals surface area contributed by atoms with Crippen LogP contribution in [0.5, 0.6) is 0 Å². The molecule has 0 N–H and O–H groups in total. The Morgan fingerprint density at radius 2 is 1.88 bits per heavy atom. The van der Waals surface area contributed by atoms with Crippen molar-refractivity contribution in [2.45, 2.75) is 27.2 Å². The number of rotatable bonds is 3. The van der Waals surface area contributed by atoms with Gasteiger partial charge in [0.1, 0.15) is 0 Å². The van der Waals surface area contributed by atoms with Crippen LogP contribution in [0.25, 0.3) is 28.1 Å². The van der Waals surface area contributed by atoms with E-state index < -0.39 is 0 Å². The summed E-state index contributed by atoms with van der Waals surface area (Å²) < 4.78 is 2.07. The predicted molar refractivity (Wildman–Crippen MR) is 102 cm³/mol. The molecule has 0 aliphatic rings. The molecule has 2 heterocycles. The molecule has 4 aromatic rings. The topological polar surface area (TPSA) is 43.1 Å². The number of nitrogens with zero attached hydrogens (tertiary/aromatic N) is 4. The van der Waals surface area contributed by atoms with Gasteiger partial charge in [-0.25, -0.2) is 4.98 Å². The van der Waals surface area contributed by atoms with Crippen LogP contribution >= 0.6 is 11.6 Å². The van der Waals surface area contributed by atoms with E-state index in [1.165, 1.54) is 5.56 Å². The van der Waals surface area contributed by atoms with Gasteiger partial charge >= 0.3 is 0 Å². The second-order valence-electron chi connectivity index (χ2n) is 6.78. The summed E-state index contributed by atoms with van der Waals surface area (Å²) in [4.78, 5) is 4.70. The van der Waals surface area contributed by atoms with Crippen LogP contribution in [0.4, 0.5) is 0 Å². The maximum absolute atomic E-state index is 6.41. The van der Waals surface area contributed by atoms with Crippen molar-refractivity contribution in [2.24, 2.45) is 5.92 Å². The van der Waals surface area contributed by atoms with Gasteiger partial charge in [-0.15, -0.1) is 10.2 Å². The minimum absolute atomic E-state index is 0.593. The molecule has 0 fully saturated rings. The van der Waals surface area contributed by atoms with Crippen molar-refractivity contribution in [3.63, 3.8) is 0 Å². The Labute approximate surface area is 151 Å². The van der Waals surface area contributed by atoms with Gasteiger partial charge in [-0.1, -0.05) is 43.6 Å². The van der Waals surface area contributed by atoms with Gasteiger partial charge in [0, 0.05) is 5.56 Å². The van der Waals surface area contributed by atoms with E-state index in [4.69, 9.17) is 16.6 Å². The number of benzene rings is 2. The maximum atomic E-state index is 6.41. The first-order valence-corrected chi connectivity index (χ1v) is 8.81. The molecular weight excluding hydrogens is 332 g/mol. The Morgan fingerprint density at radius 1 is 1.08 bits per heavy atom. The Balaban J connectivity index is 2.07. The van der Waals surface area contributed by atoms with E-state index in [1.54, 1.807) is 0 Å². The second-order valence-corrected chi connectivity index (χ2v) is 7.19. The van der Waals surface area contributed by atoms with Crippen molar-refractivity contribution >= 4 is 28.3 Å². The molecule has 0 atom stereocenters.